The quantitative estimate of drug-likeness (QED) is 0.772. The van der Waals surface area contributed by atoms with Crippen LogP contribution in [0.1, 0.15) is 18.4 Å². The standard InChI is InChI=1S/C20H24N4/c1-23-19-10-3-2-9-18(19)22-20(23)21-17-8-6-7-16(15-17)11-14-24-12-4-5-13-24/h2-3,6-10,15H,4-5,11-14H2,1H3,(H,21,22). The Labute approximate surface area is 143 Å². The van der Waals surface area contributed by atoms with Crippen molar-refractivity contribution in [2.45, 2.75) is 19.3 Å². The van der Waals surface area contributed by atoms with Gasteiger partial charge in [-0.15, -0.1) is 0 Å². The predicted octanol–water partition coefficient (Wildman–Crippen LogP) is 3.96. The molecule has 1 saturated heterocycles. The van der Waals surface area contributed by atoms with Crippen molar-refractivity contribution in [3.8, 4) is 0 Å². The Morgan fingerprint density at radius 3 is 2.71 bits per heavy atom. The molecule has 0 aliphatic carbocycles. The van der Waals surface area contributed by atoms with Gasteiger partial charge in [0, 0.05) is 19.3 Å². The van der Waals surface area contributed by atoms with Gasteiger partial charge in [-0.25, -0.2) is 4.98 Å². The van der Waals surface area contributed by atoms with Gasteiger partial charge in [0.2, 0.25) is 5.95 Å². The maximum Gasteiger partial charge on any atom is 0.208 e. The molecule has 0 bridgehead atoms. The number of benzene rings is 2. The Morgan fingerprint density at radius 1 is 1.04 bits per heavy atom. The zero-order valence-corrected chi connectivity index (χ0v) is 14.2. The van der Waals surface area contributed by atoms with Crippen LogP contribution in [0.2, 0.25) is 0 Å². The molecule has 3 aromatic rings. The summed E-state index contributed by atoms with van der Waals surface area (Å²) in [5.74, 6) is 0.882. The Balaban J connectivity index is 1.49. The molecule has 1 aliphatic rings. The molecule has 0 spiro atoms. The fourth-order valence-corrected chi connectivity index (χ4v) is 3.48. The molecule has 0 atom stereocenters. The lowest BCUT2D eigenvalue weighted by molar-refractivity contribution is 0.343. The number of rotatable bonds is 5. The summed E-state index contributed by atoms with van der Waals surface area (Å²) in [6.07, 6.45) is 3.82. The zero-order valence-electron chi connectivity index (χ0n) is 14.2. The van der Waals surface area contributed by atoms with Crippen LogP contribution in [0.15, 0.2) is 48.5 Å². The number of fused-ring (bicyclic) bond motifs is 1. The number of hydrogen-bond donors (Lipinski definition) is 1. The minimum absolute atomic E-state index is 0.882. The molecule has 0 amide bonds. The highest BCUT2D eigenvalue weighted by molar-refractivity contribution is 5.79. The monoisotopic (exact) mass is 320 g/mol. The Bertz CT molecular complexity index is 831. The summed E-state index contributed by atoms with van der Waals surface area (Å²) >= 11 is 0. The topological polar surface area (TPSA) is 33.1 Å². The largest absolute Gasteiger partial charge is 0.326 e. The van der Waals surface area contributed by atoms with Crippen LogP contribution in [-0.2, 0) is 13.5 Å². The van der Waals surface area contributed by atoms with Gasteiger partial charge in [-0.05, 0) is 62.2 Å². The van der Waals surface area contributed by atoms with Crippen molar-refractivity contribution in [3.63, 3.8) is 0 Å². The minimum Gasteiger partial charge on any atom is -0.326 e. The normalized spacial score (nSPS) is 15.2. The van der Waals surface area contributed by atoms with E-state index < -0.39 is 0 Å². The average Bonchev–Trinajstić information content (AvgIpc) is 3.23. The van der Waals surface area contributed by atoms with E-state index in [1.54, 1.807) is 0 Å². The molecule has 4 rings (SSSR count). The van der Waals surface area contributed by atoms with Crippen LogP contribution >= 0.6 is 0 Å². The maximum atomic E-state index is 4.69. The zero-order chi connectivity index (χ0) is 16.4. The van der Waals surface area contributed by atoms with Crippen molar-refractivity contribution < 1.29 is 0 Å². The van der Waals surface area contributed by atoms with Crippen molar-refractivity contribution >= 4 is 22.7 Å². The summed E-state index contributed by atoms with van der Waals surface area (Å²) in [4.78, 5) is 7.25. The molecule has 0 radical (unpaired) electrons. The van der Waals surface area contributed by atoms with Crippen molar-refractivity contribution in [1.29, 1.82) is 0 Å². The molecule has 4 heteroatoms. The second-order valence-corrected chi connectivity index (χ2v) is 6.61. The number of aromatic nitrogens is 2. The molecule has 4 nitrogen and oxygen atoms in total. The van der Waals surface area contributed by atoms with Crippen molar-refractivity contribution in [3.05, 3.63) is 54.1 Å². The van der Waals surface area contributed by atoms with E-state index >= 15 is 0 Å². The SMILES string of the molecule is Cn1c(Nc2cccc(CCN3CCCC3)c2)nc2ccccc21. The van der Waals surface area contributed by atoms with Crippen LogP contribution in [0, 0.1) is 0 Å². The molecular formula is C20H24N4. The lowest BCUT2D eigenvalue weighted by atomic mass is 10.1. The first-order valence-corrected chi connectivity index (χ1v) is 8.79. The number of anilines is 2. The van der Waals surface area contributed by atoms with Gasteiger partial charge < -0.3 is 14.8 Å². The Morgan fingerprint density at radius 2 is 1.88 bits per heavy atom. The third kappa shape index (κ3) is 3.15. The van der Waals surface area contributed by atoms with Gasteiger partial charge in [0.25, 0.3) is 0 Å². The first-order valence-electron chi connectivity index (χ1n) is 8.79. The molecule has 1 fully saturated rings. The van der Waals surface area contributed by atoms with Gasteiger partial charge >= 0.3 is 0 Å². The third-order valence-corrected chi connectivity index (χ3v) is 4.89. The highest BCUT2D eigenvalue weighted by atomic mass is 15.2. The summed E-state index contributed by atoms with van der Waals surface area (Å²) in [6, 6.07) is 16.9. The molecule has 1 aromatic heterocycles. The third-order valence-electron chi connectivity index (χ3n) is 4.89. The number of nitrogens with zero attached hydrogens (tertiary/aromatic N) is 3. The van der Waals surface area contributed by atoms with Crippen LogP contribution in [-0.4, -0.2) is 34.1 Å². The highest BCUT2D eigenvalue weighted by Crippen LogP contribution is 2.22. The number of hydrogen-bond acceptors (Lipinski definition) is 3. The lowest BCUT2D eigenvalue weighted by Gasteiger charge is -2.14. The van der Waals surface area contributed by atoms with E-state index in [4.69, 9.17) is 0 Å². The number of likely N-dealkylation sites (tertiary alicyclic amines) is 1. The second-order valence-electron chi connectivity index (χ2n) is 6.61. The van der Waals surface area contributed by atoms with Gasteiger partial charge in [0.1, 0.15) is 0 Å². The maximum absolute atomic E-state index is 4.69. The van der Waals surface area contributed by atoms with E-state index in [1.165, 1.54) is 31.5 Å². The first-order chi connectivity index (χ1) is 11.8. The fraction of sp³-hybridized carbons (Fsp3) is 0.350. The molecular weight excluding hydrogens is 296 g/mol. The van der Waals surface area contributed by atoms with E-state index in [2.05, 4.69) is 57.1 Å². The van der Waals surface area contributed by atoms with Crippen LogP contribution in [0.25, 0.3) is 11.0 Å². The fourth-order valence-electron chi connectivity index (χ4n) is 3.48. The van der Waals surface area contributed by atoms with Crippen LogP contribution in [0.3, 0.4) is 0 Å². The molecule has 124 valence electrons. The summed E-state index contributed by atoms with van der Waals surface area (Å²) in [5.41, 5.74) is 4.65. The van der Waals surface area contributed by atoms with Gasteiger partial charge in [0.05, 0.1) is 11.0 Å². The second kappa shape index (κ2) is 6.65. The van der Waals surface area contributed by atoms with Crippen molar-refractivity contribution in [1.82, 2.24) is 14.5 Å². The lowest BCUT2D eigenvalue weighted by Crippen LogP contribution is -2.21. The summed E-state index contributed by atoms with van der Waals surface area (Å²) in [7, 11) is 2.05. The minimum atomic E-state index is 0.882. The molecule has 1 aliphatic heterocycles. The van der Waals surface area contributed by atoms with E-state index in [9.17, 15) is 0 Å². The Hall–Kier alpha value is -2.33. The van der Waals surface area contributed by atoms with E-state index in [1.807, 2.05) is 18.2 Å². The van der Waals surface area contributed by atoms with Gasteiger partial charge in [-0.3, -0.25) is 0 Å². The summed E-state index contributed by atoms with van der Waals surface area (Å²) in [6.45, 7) is 3.69. The number of nitrogens with one attached hydrogen (secondary N) is 1. The number of para-hydroxylation sites is 2. The van der Waals surface area contributed by atoms with Crippen molar-refractivity contribution in [2.24, 2.45) is 7.05 Å². The van der Waals surface area contributed by atoms with Gasteiger partial charge in [-0.2, -0.15) is 0 Å². The number of imidazole rings is 1. The van der Waals surface area contributed by atoms with E-state index in [0.717, 1.165) is 35.6 Å². The van der Waals surface area contributed by atoms with E-state index in [0.29, 0.717) is 0 Å². The van der Waals surface area contributed by atoms with Gasteiger partial charge in [-0.1, -0.05) is 24.3 Å². The molecule has 24 heavy (non-hydrogen) atoms. The van der Waals surface area contributed by atoms with Crippen molar-refractivity contribution in [2.75, 3.05) is 25.0 Å². The van der Waals surface area contributed by atoms with Crippen LogP contribution in [0.5, 0.6) is 0 Å². The molecule has 1 N–H and O–H groups in total. The first kappa shape index (κ1) is 15.2. The van der Waals surface area contributed by atoms with Crippen LogP contribution < -0.4 is 5.32 Å². The van der Waals surface area contributed by atoms with E-state index in [-0.39, 0.29) is 0 Å². The predicted molar refractivity (Wildman–Crippen MR) is 99.8 cm³/mol. The molecule has 0 unspecified atom stereocenters. The molecule has 0 saturated carbocycles. The smallest absolute Gasteiger partial charge is 0.208 e. The number of aryl methyl sites for hydroxylation is 1. The highest BCUT2D eigenvalue weighted by Gasteiger charge is 2.11. The van der Waals surface area contributed by atoms with Gasteiger partial charge in [0.15, 0.2) is 0 Å². The molecule has 2 heterocycles. The Kier molecular flexibility index (Phi) is 4.22. The average molecular weight is 320 g/mol. The summed E-state index contributed by atoms with van der Waals surface area (Å²) < 4.78 is 2.10. The van der Waals surface area contributed by atoms with Crippen LogP contribution in [0.4, 0.5) is 11.6 Å². The molecule has 2 aromatic carbocycles. The summed E-state index contributed by atoms with van der Waals surface area (Å²) in [5, 5.41) is 3.47.